The summed E-state index contributed by atoms with van der Waals surface area (Å²) in [6.45, 7) is 3.67. The minimum atomic E-state index is -0.998. The number of nitrogens with zero attached hydrogens (tertiary/aromatic N) is 1. The first-order chi connectivity index (χ1) is 21.4. The molecular weight excluding hydrogens is 560 g/mol. The molecule has 0 amide bonds. The first-order valence-corrected chi connectivity index (χ1v) is 14.4. The maximum atomic E-state index is 11.1. The molecular formula is C35H34N2O7. The van der Waals surface area contributed by atoms with Gasteiger partial charge in [0.05, 0.1) is 24.7 Å². The lowest BCUT2D eigenvalue weighted by atomic mass is 9.96. The molecule has 0 aliphatic carbocycles. The molecule has 4 aromatic carbocycles. The fraction of sp³-hybridized carbons (Fsp3) is 0.257. The Morgan fingerprint density at radius 3 is 2.57 bits per heavy atom. The number of hydrogen-bond acceptors (Lipinski definition) is 8. The molecule has 0 fully saturated rings. The number of aliphatic carboxylic acids is 1. The van der Waals surface area contributed by atoms with Gasteiger partial charge in [-0.2, -0.15) is 5.26 Å². The molecule has 1 aliphatic heterocycles. The number of hydrogen-bond donors (Lipinski definition) is 3. The number of carbonyl (C=O) groups is 1. The molecule has 1 aliphatic rings. The highest BCUT2D eigenvalue weighted by atomic mass is 16.6. The summed E-state index contributed by atoms with van der Waals surface area (Å²) in [6, 6.07) is 26.3. The minimum absolute atomic E-state index is 0.209. The topological polar surface area (TPSA) is 130 Å². The van der Waals surface area contributed by atoms with Crippen molar-refractivity contribution < 1.29 is 34.0 Å². The predicted octanol–water partition coefficient (Wildman–Crippen LogP) is 5.39. The van der Waals surface area contributed by atoms with Crippen LogP contribution in [-0.2, 0) is 24.6 Å². The summed E-state index contributed by atoms with van der Waals surface area (Å²) in [5, 5.41) is 31.1. The number of carboxylic acid groups (broad SMARTS) is 1. The van der Waals surface area contributed by atoms with Crippen molar-refractivity contribution >= 4 is 5.97 Å². The average Bonchev–Trinajstić information content (AvgIpc) is 3.05. The highest BCUT2D eigenvalue weighted by molar-refractivity contribution is 5.71. The Kier molecular flexibility index (Phi) is 9.97. The van der Waals surface area contributed by atoms with Crippen molar-refractivity contribution in [3.63, 3.8) is 0 Å². The normalized spacial score (nSPS) is 12.7. The van der Waals surface area contributed by atoms with Gasteiger partial charge in [0, 0.05) is 24.2 Å². The zero-order chi connectivity index (χ0) is 30.9. The molecule has 0 saturated carbocycles. The van der Waals surface area contributed by atoms with Crippen LogP contribution < -0.4 is 24.3 Å². The van der Waals surface area contributed by atoms with E-state index >= 15 is 0 Å². The molecule has 4 aromatic rings. The largest absolute Gasteiger partial charge is 0.489 e. The van der Waals surface area contributed by atoms with Crippen LogP contribution in [0.2, 0.25) is 0 Å². The molecule has 0 spiro atoms. The van der Waals surface area contributed by atoms with Crippen LogP contribution in [0.3, 0.4) is 0 Å². The van der Waals surface area contributed by atoms with Gasteiger partial charge in [0.2, 0.25) is 0 Å². The molecule has 1 heterocycles. The monoisotopic (exact) mass is 594 g/mol. The summed E-state index contributed by atoms with van der Waals surface area (Å²) in [6.07, 6.45) is -0.209. The predicted molar refractivity (Wildman–Crippen MR) is 164 cm³/mol. The third-order valence-corrected chi connectivity index (χ3v) is 7.41. The van der Waals surface area contributed by atoms with Gasteiger partial charge in [-0.25, -0.2) is 0 Å². The van der Waals surface area contributed by atoms with Crippen molar-refractivity contribution in [2.45, 2.75) is 39.1 Å². The lowest BCUT2D eigenvalue weighted by Gasteiger charge is -2.20. The molecule has 0 radical (unpaired) electrons. The van der Waals surface area contributed by atoms with Crippen LogP contribution in [0.15, 0.2) is 78.9 Å². The van der Waals surface area contributed by atoms with Crippen molar-refractivity contribution in [1.82, 2.24) is 5.32 Å². The number of fused-ring (bicyclic) bond motifs is 1. The minimum Gasteiger partial charge on any atom is -0.489 e. The first kappa shape index (κ1) is 30.4. The number of benzene rings is 4. The Morgan fingerprint density at radius 1 is 0.955 bits per heavy atom. The number of nitrogens with one attached hydrogen (secondary N) is 1. The van der Waals surface area contributed by atoms with Crippen LogP contribution in [-0.4, -0.2) is 42.0 Å². The van der Waals surface area contributed by atoms with Gasteiger partial charge in [-0.15, -0.1) is 0 Å². The number of nitriles is 1. The van der Waals surface area contributed by atoms with E-state index in [9.17, 15) is 15.2 Å². The lowest BCUT2D eigenvalue weighted by molar-refractivity contribution is -0.137. The van der Waals surface area contributed by atoms with Crippen LogP contribution in [0.5, 0.6) is 23.0 Å². The first-order valence-electron chi connectivity index (χ1n) is 14.4. The Bertz CT molecular complexity index is 1660. The van der Waals surface area contributed by atoms with Crippen LogP contribution in [0.25, 0.3) is 11.1 Å². The van der Waals surface area contributed by atoms with E-state index in [1.807, 2.05) is 48.5 Å². The molecule has 9 nitrogen and oxygen atoms in total. The van der Waals surface area contributed by atoms with Crippen molar-refractivity contribution in [2.75, 3.05) is 19.8 Å². The lowest BCUT2D eigenvalue weighted by Crippen LogP contribution is -2.34. The highest BCUT2D eigenvalue weighted by Crippen LogP contribution is 2.36. The molecule has 0 unspecified atom stereocenters. The van der Waals surface area contributed by atoms with Crippen LogP contribution in [0.1, 0.15) is 34.2 Å². The summed E-state index contributed by atoms with van der Waals surface area (Å²) in [4.78, 5) is 11.1. The van der Waals surface area contributed by atoms with Crippen LogP contribution >= 0.6 is 0 Å². The number of aliphatic hydroxyl groups is 1. The van der Waals surface area contributed by atoms with Gasteiger partial charge in [0.25, 0.3) is 0 Å². The molecule has 9 heteroatoms. The smallest absolute Gasteiger partial charge is 0.305 e. The quantitative estimate of drug-likeness (QED) is 0.187. The fourth-order valence-corrected chi connectivity index (χ4v) is 4.99. The van der Waals surface area contributed by atoms with Crippen molar-refractivity contribution in [2.24, 2.45) is 0 Å². The second-order valence-electron chi connectivity index (χ2n) is 10.5. The Balaban J connectivity index is 1.33. The van der Waals surface area contributed by atoms with Gasteiger partial charge in [-0.05, 0) is 65.1 Å². The van der Waals surface area contributed by atoms with E-state index in [1.165, 1.54) is 0 Å². The van der Waals surface area contributed by atoms with E-state index in [1.54, 1.807) is 24.3 Å². The van der Waals surface area contributed by atoms with Crippen molar-refractivity contribution in [3.8, 4) is 40.2 Å². The highest BCUT2D eigenvalue weighted by Gasteiger charge is 2.16. The van der Waals surface area contributed by atoms with Crippen LogP contribution in [0, 0.1) is 18.3 Å². The maximum absolute atomic E-state index is 11.1. The summed E-state index contributed by atoms with van der Waals surface area (Å²) in [5.41, 5.74) is 6.37. The van der Waals surface area contributed by atoms with Gasteiger partial charge in [0.15, 0.2) is 11.5 Å². The second kappa shape index (κ2) is 14.4. The molecule has 0 aromatic heterocycles. The van der Waals surface area contributed by atoms with Crippen molar-refractivity contribution in [3.05, 3.63) is 107 Å². The molecule has 226 valence electrons. The Hall–Kier alpha value is -5.04. The van der Waals surface area contributed by atoms with E-state index in [-0.39, 0.29) is 26.2 Å². The zero-order valence-electron chi connectivity index (χ0n) is 24.4. The number of carboxylic acids is 1. The Morgan fingerprint density at radius 2 is 1.77 bits per heavy atom. The van der Waals surface area contributed by atoms with E-state index < -0.39 is 12.0 Å². The van der Waals surface area contributed by atoms with E-state index in [4.69, 9.17) is 24.1 Å². The maximum Gasteiger partial charge on any atom is 0.305 e. The number of aliphatic hydroxyl groups excluding tert-OH is 1. The fourth-order valence-electron chi connectivity index (χ4n) is 4.99. The summed E-state index contributed by atoms with van der Waals surface area (Å²) < 4.78 is 23.9. The Labute approximate surface area is 256 Å². The third kappa shape index (κ3) is 7.67. The average molecular weight is 595 g/mol. The second-order valence-corrected chi connectivity index (χ2v) is 10.5. The summed E-state index contributed by atoms with van der Waals surface area (Å²) in [7, 11) is 0. The van der Waals surface area contributed by atoms with Crippen molar-refractivity contribution in [1.29, 1.82) is 5.26 Å². The van der Waals surface area contributed by atoms with Gasteiger partial charge < -0.3 is 34.5 Å². The standard InChI is InChI=1S/C35H34N2O7/c1-23-28(6-3-7-31(23)26-9-11-32-34(15-26)42-13-12-41-32)22-43-30-10-8-27(19-37-29(20-38)16-35(39)40)33(17-30)44-21-25-5-2-4-24(14-25)18-36/h2-11,14-15,17,29,37-38H,12-13,16,19-22H2,1H3,(H,39,40)/t29-/m0/s1. The van der Waals surface area contributed by atoms with E-state index in [0.717, 1.165) is 44.9 Å². The van der Waals surface area contributed by atoms with Gasteiger partial charge in [-0.3, -0.25) is 4.79 Å². The number of rotatable bonds is 13. The molecule has 44 heavy (non-hydrogen) atoms. The molecule has 0 bridgehead atoms. The third-order valence-electron chi connectivity index (χ3n) is 7.41. The molecule has 5 rings (SSSR count). The zero-order valence-corrected chi connectivity index (χ0v) is 24.4. The van der Waals surface area contributed by atoms with Gasteiger partial charge >= 0.3 is 5.97 Å². The van der Waals surface area contributed by atoms with E-state index in [0.29, 0.717) is 36.9 Å². The van der Waals surface area contributed by atoms with Crippen LogP contribution in [0.4, 0.5) is 0 Å². The molecule has 0 saturated heterocycles. The van der Waals surface area contributed by atoms with E-state index in [2.05, 4.69) is 24.4 Å². The summed E-state index contributed by atoms with van der Waals surface area (Å²) >= 11 is 0. The SMILES string of the molecule is Cc1c(COc2ccc(CN[C@H](CO)CC(=O)O)c(OCc3cccc(C#N)c3)c2)cccc1-c1ccc2c(c1)OCCO2. The summed E-state index contributed by atoms with van der Waals surface area (Å²) in [5.74, 6) is 1.64. The molecule has 1 atom stereocenters. The van der Waals surface area contributed by atoms with Gasteiger partial charge in [-0.1, -0.05) is 42.5 Å². The van der Waals surface area contributed by atoms with Gasteiger partial charge in [0.1, 0.15) is 37.9 Å². The number of ether oxygens (including phenoxy) is 4. The molecule has 3 N–H and O–H groups in total.